The molecule has 0 aliphatic carbocycles. The van der Waals surface area contributed by atoms with E-state index in [-0.39, 0.29) is 0 Å². The Morgan fingerprint density at radius 3 is 2.90 bits per heavy atom. The molecule has 7 heteroatoms. The van der Waals surface area contributed by atoms with Gasteiger partial charge in [0.15, 0.2) is 0 Å². The van der Waals surface area contributed by atoms with E-state index in [9.17, 15) is 8.42 Å². The van der Waals surface area contributed by atoms with E-state index >= 15 is 0 Å². The Labute approximate surface area is 131 Å². The zero-order chi connectivity index (χ0) is 15.3. The molecule has 1 aromatic heterocycles. The number of sulfonamides is 1. The number of hydrogen-bond acceptors (Lipinski definition) is 4. The largest absolute Gasteiger partial charge is 0.349 e. The Kier molecular flexibility index (Phi) is 6.16. The first-order chi connectivity index (χ1) is 10.1. The molecule has 0 amide bonds. The van der Waals surface area contributed by atoms with Crippen molar-refractivity contribution >= 4 is 21.8 Å². The predicted molar refractivity (Wildman–Crippen MR) is 88.1 cm³/mol. The van der Waals surface area contributed by atoms with Crippen LogP contribution in [0.1, 0.15) is 25.5 Å². The van der Waals surface area contributed by atoms with Gasteiger partial charge >= 0.3 is 0 Å². The third-order valence-corrected chi connectivity index (χ3v) is 6.30. The van der Waals surface area contributed by atoms with Gasteiger partial charge < -0.3 is 9.88 Å². The molecule has 0 spiro atoms. The quantitative estimate of drug-likeness (QED) is 0.760. The number of hydrogen-bond donors (Lipinski definition) is 2. The maximum absolute atomic E-state index is 12.4. The van der Waals surface area contributed by atoms with E-state index in [4.69, 9.17) is 0 Å². The van der Waals surface area contributed by atoms with Crippen molar-refractivity contribution in [3.8, 4) is 0 Å². The highest BCUT2D eigenvalue weighted by Crippen LogP contribution is 2.23. The lowest BCUT2D eigenvalue weighted by Gasteiger charge is -2.09. The highest BCUT2D eigenvalue weighted by atomic mass is 32.2. The molecule has 0 radical (unpaired) electrons. The summed E-state index contributed by atoms with van der Waals surface area (Å²) < 4.78 is 29.6. The molecule has 5 nitrogen and oxygen atoms in total. The number of nitrogens with zero attached hydrogens (tertiary/aromatic N) is 1. The average Bonchev–Trinajstić information content (AvgIpc) is 3.08. The van der Waals surface area contributed by atoms with Crippen LogP contribution in [0, 0.1) is 5.92 Å². The van der Waals surface area contributed by atoms with Gasteiger partial charge in [-0.2, -0.15) is 11.8 Å². The molecule has 1 saturated heterocycles. The molecule has 2 heterocycles. The van der Waals surface area contributed by atoms with Crippen LogP contribution in [-0.2, 0) is 23.1 Å². The minimum Gasteiger partial charge on any atom is -0.349 e. The van der Waals surface area contributed by atoms with Gasteiger partial charge in [0.1, 0.15) is 0 Å². The first-order valence-corrected chi connectivity index (χ1v) is 10.1. The van der Waals surface area contributed by atoms with Gasteiger partial charge in [0.2, 0.25) is 10.0 Å². The van der Waals surface area contributed by atoms with E-state index in [2.05, 4.69) is 17.0 Å². The van der Waals surface area contributed by atoms with Gasteiger partial charge in [0.25, 0.3) is 0 Å². The lowest BCUT2D eigenvalue weighted by atomic mass is 10.1. The molecule has 2 N–H and O–H groups in total. The first-order valence-electron chi connectivity index (χ1n) is 7.48. The Hall–Kier alpha value is -0.500. The summed E-state index contributed by atoms with van der Waals surface area (Å²) in [6, 6.07) is 1.78. The molecule has 21 heavy (non-hydrogen) atoms. The molecule has 0 saturated carbocycles. The molecule has 1 aromatic rings. The summed E-state index contributed by atoms with van der Waals surface area (Å²) in [5, 5.41) is 3.09. The summed E-state index contributed by atoms with van der Waals surface area (Å²) in [4.78, 5) is 0.381. The maximum atomic E-state index is 12.4. The van der Waals surface area contributed by atoms with E-state index in [0.717, 1.165) is 36.6 Å². The molecular formula is C14H25N3O2S2. The molecule has 1 fully saturated rings. The molecule has 0 aromatic carbocycles. The molecule has 1 unspecified atom stereocenters. The minimum atomic E-state index is -3.39. The van der Waals surface area contributed by atoms with E-state index in [0.29, 0.717) is 23.9 Å². The second kappa shape index (κ2) is 7.67. The van der Waals surface area contributed by atoms with E-state index < -0.39 is 10.0 Å². The predicted octanol–water partition coefficient (Wildman–Crippen LogP) is 1.65. The summed E-state index contributed by atoms with van der Waals surface area (Å²) in [6.07, 6.45) is 3.84. The summed E-state index contributed by atoms with van der Waals surface area (Å²) in [5.41, 5.74) is 1.01. The second-order valence-electron chi connectivity index (χ2n) is 5.47. The topological polar surface area (TPSA) is 63.1 Å². The number of nitrogens with one attached hydrogen (secondary N) is 2. The zero-order valence-electron chi connectivity index (χ0n) is 12.8. The van der Waals surface area contributed by atoms with E-state index in [1.165, 1.54) is 0 Å². The van der Waals surface area contributed by atoms with Crippen molar-refractivity contribution in [1.82, 2.24) is 14.6 Å². The SMILES string of the molecule is CCCn1cc(S(=O)(=O)NCC2CCSC2)cc1CNC. The normalized spacial score (nSPS) is 19.2. The number of aryl methyl sites for hydroxylation is 1. The van der Waals surface area contributed by atoms with Crippen LogP contribution in [-0.4, -0.2) is 38.1 Å². The van der Waals surface area contributed by atoms with Crippen molar-refractivity contribution in [1.29, 1.82) is 0 Å². The van der Waals surface area contributed by atoms with Gasteiger partial charge in [0, 0.05) is 31.5 Å². The Morgan fingerprint density at radius 1 is 1.48 bits per heavy atom. The minimum absolute atomic E-state index is 0.381. The van der Waals surface area contributed by atoms with Crippen LogP contribution in [0.25, 0.3) is 0 Å². The first kappa shape index (κ1) is 16.9. The Balaban J connectivity index is 2.08. The summed E-state index contributed by atoms with van der Waals surface area (Å²) in [5.74, 6) is 2.68. The smallest absolute Gasteiger partial charge is 0.242 e. The van der Waals surface area contributed by atoms with Crippen LogP contribution in [0.15, 0.2) is 17.2 Å². The molecule has 120 valence electrons. The van der Waals surface area contributed by atoms with Crippen molar-refractivity contribution in [2.75, 3.05) is 25.1 Å². The van der Waals surface area contributed by atoms with Gasteiger partial charge in [-0.1, -0.05) is 6.92 Å². The third-order valence-electron chi connectivity index (χ3n) is 3.68. The number of thioether (sulfide) groups is 1. The maximum Gasteiger partial charge on any atom is 0.242 e. The standard InChI is InChI=1S/C14H25N3O2S2/c1-3-5-17-10-14(7-13(17)9-15-2)21(18,19)16-8-12-4-6-20-11-12/h7,10,12,15-16H,3-6,8-9,11H2,1-2H3. The fourth-order valence-electron chi connectivity index (χ4n) is 2.51. The highest BCUT2D eigenvalue weighted by Gasteiger charge is 2.21. The lowest BCUT2D eigenvalue weighted by Crippen LogP contribution is -2.29. The van der Waals surface area contributed by atoms with Crippen molar-refractivity contribution in [2.45, 2.75) is 37.8 Å². The van der Waals surface area contributed by atoms with Gasteiger partial charge in [-0.25, -0.2) is 13.1 Å². The summed E-state index contributed by atoms with van der Waals surface area (Å²) in [7, 11) is -1.53. The van der Waals surface area contributed by atoms with Crippen LogP contribution in [0.3, 0.4) is 0 Å². The molecule has 1 atom stereocenters. The molecule has 2 rings (SSSR count). The van der Waals surface area contributed by atoms with Gasteiger partial charge in [-0.15, -0.1) is 0 Å². The number of rotatable bonds is 8. The Bertz CT molecular complexity index is 525. The second-order valence-corrected chi connectivity index (χ2v) is 8.39. The average molecular weight is 332 g/mol. The fraction of sp³-hybridized carbons (Fsp3) is 0.714. The molecule has 1 aliphatic heterocycles. The van der Waals surface area contributed by atoms with Gasteiger partial charge in [-0.05, 0) is 43.4 Å². The van der Waals surface area contributed by atoms with Gasteiger partial charge in [0.05, 0.1) is 4.90 Å². The van der Waals surface area contributed by atoms with Crippen LogP contribution < -0.4 is 10.0 Å². The van der Waals surface area contributed by atoms with E-state index in [1.807, 2.05) is 23.4 Å². The molecule has 0 bridgehead atoms. The van der Waals surface area contributed by atoms with Crippen molar-refractivity contribution in [3.63, 3.8) is 0 Å². The monoisotopic (exact) mass is 331 g/mol. The molecule has 1 aliphatic rings. The molecular weight excluding hydrogens is 306 g/mol. The van der Waals surface area contributed by atoms with Crippen LogP contribution >= 0.6 is 11.8 Å². The lowest BCUT2D eigenvalue weighted by molar-refractivity contribution is 0.545. The summed E-state index contributed by atoms with van der Waals surface area (Å²) >= 11 is 1.90. The zero-order valence-corrected chi connectivity index (χ0v) is 14.4. The van der Waals surface area contributed by atoms with Crippen molar-refractivity contribution in [3.05, 3.63) is 18.0 Å². The van der Waals surface area contributed by atoms with Crippen LogP contribution in [0.2, 0.25) is 0 Å². The van der Waals surface area contributed by atoms with Gasteiger partial charge in [-0.3, -0.25) is 0 Å². The fourth-order valence-corrected chi connectivity index (χ4v) is 4.97. The van der Waals surface area contributed by atoms with E-state index in [1.54, 1.807) is 12.3 Å². The number of aromatic nitrogens is 1. The summed E-state index contributed by atoms with van der Waals surface area (Å²) in [6.45, 7) is 4.16. The van der Waals surface area contributed by atoms with Crippen LogP contribution in [0.4, 0.5) is 0 Å². The van der Waals surface area contributed by atoms with Crippen LogP contribution in [0.5, 0.6) is 0 Å². The third kappa shape index (κ3) is 4.48. The van der Waals surface area contributed by atoms with Crippen molar-refractivity contribution < 1.29 is 8.42 Å². The Morgan fingerprint density at radius 2 is 2.29 bits per heavy atom. The highest BCUT2D eigenvalue weighted by molar-refractivity contribution is 7.99. The van der Waals surface area contributed by atoms with Crippen molar-refractivity contribution in [2.24, 2.45) is 5.92 Å².